The van der Waals surface area contributed by atoms with Crippen LogP contribution in [-0.4, -0.2) is 36.6 Å². The fraction of sp³-hybridized carbons (Fsp3) is 1.00. The molecule has 2 heterocycles. The Morgan fingerprint density at radius 1 is 1.33 bits per heavy atom. The Morgan fingerprint density at radius 2 is 1.83 bits per heavy atom. The fourth-order valence-corrected chi connectivity index (χ4v) is 1.63. The summed E-state index contributed by atoms with van der Waals surface area (Å²) in [5.74, 6) is 0.444. The molecule has 0 radical (unpaired) electrons. The number of epoxide rings is 2. The Bertz CT molecular complexity index is 140. The number of hydrogen-bond donors (Lipinski definition) is 1. The van der Waals surface area contributed by atoms with Crippen molar-refractivity contribution in [3.63, 3.8) is 0 Å². The molecule has 0 spiro atoms. The lowest BCUT2D eigenvalue weighted by Gasteiger charge is -2.14. The van der Waals surface area contributed by atoms with E-state index < -0.39 is 0 Å². The van der Waals surface area contributed by atoms with E-state index in [1.165, 1.54) is 0 Å². The predicted molar refractivity (Wildman–Crippen MR) is 43.9 cm³/mol. The van der Waals surface area contributed by atoms with Gasteiger partial charge in [0.2, 0.25) is 0 Å². The third kappa shape index (κ3) is 1.97. The van der Waals surface area contributed by atoms with Crippen LogP contribution in [0.2, 0.25) is 0 Å². The molecule has 2 rings (SSSR count). The highest BCUT2D eigenvalue weighted by molar-refractivity contribution is 4.91. The highest BCUT2D eigenvalue weighted by Gasteiger charge is 2.44. The van der Waals surface area contributed by atoms with Gasteiger partial charge in [-0.15, -0.1) is 0 Å². The molecule has 3 heteroatoms. The topological polar surface area (TPSA) is 45.3 Å². The zero-order valence-corrected chi connectivity index (χ0v) is 7.40. The maximum absolute atomic E-state index is 9.47. The second-order valence-electron chi connectivity index (χ2n) is 3.71. The quantitative estimate of drug-likeness (QED) is 0.616. The second-order valence-corrected chi connectivity index (χ2v) is 3.71. The molecule has 70 valence electrons. The van der Waals surface area contributed by atoms with Gasteiger partial charge in [-0.1, -0.05) is 6.92 Å². The van der Waals surface area contributed by atoms with Crippen LogP contribution >= 0.6 is 0 Å². The fourth-order valence-electron chi connectivity index (χ4n) is 1.63. The molecule has 3 atom stereocenters. The molecule has 0 aromatic heterocycles. The van der Waals surface area contributed by atoms with Gasteiger partial charge in [0, 0.05) is 5.92 Å². The first kappa shape index (κ1) is 8.48. The van der Waals surface area contributed by atoms with Gasteiger partial charge in [0.05, 0.1) is 31.5 Å². The smallest absolute Gasteiger partial charge is 0.0864 e. The minimum Gasteiger partial charge on any atom is -0.393 e. The number of hydrogen-bond acceptors (Lipinski definition) is 3. The molecule has 12 heavy (non-hydrogen) atoms. The van der Waals surface area contributed by atoms with E-state index in [2.05, 4.69) is 0 Å². The highest BCUT2D eigenvalue weighted by atomic mass is 16.6. The second kappa shape index (κ2) is 3.32. The Morgan fingerprint density at radius 3 is 2.17 bits per heavy atom. The van der Waals surface area contributed by atoms with Gasteiger partial charge in [-0.05, 0) is 12.8 Å². The van der Waals surface area contributed by atoms with E-state index >= 15 is 0 Å². The molecule has 1 N–H and O–H groups in total. The van der Waals surface area contributed by atoms with Crippen LogP contribution in [0, 0.1) is 5.92 Å². The van der Waals surface area contributed by atoms with Gasteiger partial charge in [0.15, 0.2) is 0 Å². The van der Waals surface area contributed by atoms with E-state index in [0.717, 1.165) is 26.1 Å². The summed E-state index contributed by atoms with van der Waals surface area (Å²) in [7, 11) is 0. The summed E-state index contributed by atoms with van der Waals surface area (Å²) in [6.45, 7) is 3.73. The van der Waals surface area contributed by atoms with Gasteiger partial charge in [0.1, 0.15) is 0 Å². The molecule has 2 fully saturated rings. The predicted octanol–water partition coefficient (Wildman–Crippen LogP) is 0.561. The molecule has 3 unspecified atom stereocenters. The third-order valence-electron chi connectivity index (χ3n) is 2.69. The summed E-state index contributed by atoms with van der Waals surface area (Å²) in [6, 6.07) is 0. The van der Waals surface area contributed by atoms with Crippen molar-refractivity contribution in [1.82, 2.24) is 0 Å². The lowest BCUT2D eigenvalue weighted by Crippen LogP contribution is -2.22. The Kier molecular flexibility index (Phi) is 2.35. The van der Waals surface area contributed by atoms with Crippen LogP contribution in [0.3, 0.4) is 0 Å². The average Bonchev–Trinajstić information content (AvgIpc) is 2.87. The molecule has 0 aromatic carbocycles. The molecule has 0 saturated carbocycles. The van der Waals surface area contributed by atoms with Gasteiger partial charge < -0.3 is 14.6 Å². The van der Waals surface area contributed by atoms with E-state index in [4.69, 9.17) is 9.47 Å². The summed E-state index contributed by atoms with van der Waals surface area (Å²) >= 11 is 0. The number of ether oxygens (including phenoxy) is 2. The van der Waals surface area contributed by atoms with Crippen LogP contribution < -0.4 is 0 Å². The van der Waals surface area contributed by atoms with Crippen molar-refractivity contribution in [2.45, 2.75) is 38.1 Å². The van der Waals surface area contributed by atoms with Gasteiger partial charge in [-0.25, -0.2) is 0 Å². The third-order valence-corrected chi connectivity index (χ3v) is 2.69. The maximum atomic E-state index is 9.47. The molecule has 3 nitrogen and oxygen atoms in total. The molecular weight excluding hydrogens is 156 g/mol. The first-order valence-electron chi connectivity index (χ1n) is 4.72. The van der Waals surface area contributed by atoms with Crippen LogP contribution in [0.5, 0.6) is 0 Å². The van der Waals surface area contributed by atoms with Gasteiger partial charge >= 0.3 is 0 Å². The molecule has 0 aliphatic carbocycles. The molecule has 2 aliphatic heterocycles. The molecule has 2 saturated heterocycles. The normalized spacial score (nSPS) is 37.5. The number of aliphatic hydroxyl groups is 1. The lowest BCUT2D eigenvalue weighted by atomic mass is 9.94. The van der Waals surface area contributed by atoms with Crippen LogP contribution in [0.15, 0.2) is 0 Å². The monoisotopic (exact) mass is 172 g/mol. The Hall–Kier alpha value is -0.120. The van der Waals surface area contributed by atoms with E-state index in [-0.39, 0.29) is 6.10 Å². The van der Waals surface area contributed by atoms with Crippen molar-refractivity contribution < 1.29 is 14.6 Å². The van der Waals surface area contributed by atoms with Gasteiger partial charge in [-0.2, -0.15) is 0 Å². The summed E-state index contributed by atoms with van der Waals surface area (Å²) in [6.07, 6.45) is 2.24. The van der Waals surface area contributed by atoms with Crippen LogP contribution in [-0.2, 0) is 9.47 Å². The molecule has 0 bridgehead atoms. The first-order chi connectivity index (χ1) is 5.81. The molecular formula is C9H16O3. The van der Waals surface area contributed by atoms with Crippen molar-refractivity contribution >= 4 is 0 Å². The van der Waals surface area contributed by atoms with E-state index in [1.54, 1.807) is 0 Å². The van der Waals surface area contributed by atoms with Crippen molar-refractivity contribution in [2.24, 2.45) is 5.92 Å². The summed E-state index contributed by atoms with van der Waals surface area (Å²) in [5.41, 5.74) is 0. The zero-order valence-electron chi connectivity index (χ0n) is 7.40. The first-order valence-corrected chi connectivity index (χ1v) is 4.72. The maximum Gasteiger partial charge on any atom is 0.0864 e. The molecule has 0 aromatic rings. The van der Waals surface area contributed by atoms with Crippen LogP contribution in [0.1, 0.15) is 19.8 Å². The number of aliphatic hydroxyl groups excluding tert-OH is 1. The van der Waals surface area contributed by atoms with E-state index in [9.17, 15) is 5.11 Å². The van der Waals surface area contributed by atoms with Crippen molar-refractivity contribution in [2.75, 3.05) is 13.2 Å². The highest BCUT2D eigenvalue weighted by Crippen LogP contribution is 2.34. The van der Waals surface area contributed by atoms with Crippen molar-refractivity contribution in [1.29, 1.82) is 0 Å². The summed E-state index contributed by atoms with van der Waals surface area (Å²) < 4.78 is 10.5. The summed E-state index contributed by atoms with van der Waals surface area (Å²) in [5, 5.41) is 9.47. The Balaban J connectivity index is 1.79. The molecule has 0 amide bonds. The minimum atomic E-state index is -0.177. The standard InChI is InChI=1S/C9H16O3/c1-2-6(10)3-7(8-4-11-8)9-5-12-9/h6-10H,2-5H2,1H3. The van der Waals surface area contributed by atoms with Gasteiger partial charge in [-0.3, -0.25) is 0 Å². The zero-order chi connectivity index (χ0) is 8.55. The van der Waals surface area contributed by atoms with E-state index in [0.29, 0.717) is 18.1 Å². The van der Waals surface area contributed by atoms with Gasteiger partial charge in [0.25, 0.3) is 0 Å². The SMILES string of the molecule is CCC(O)CC(C1CO1)C1CO1. The largest absolute Gasteiger partial charge is 0.393 e. The van der Waals surface area contributed by atoms with Crippen LogP contribution in [0.25, 0.3) is 0 Å². The minimum absolute atomic E-state index is 0.177. The Labute approximate surface area is 72.7 Å². The van der Waals surface area contributed by atoms with Crippen LogP contribution in [0.4, 0.5) is 0 Å². The van der Waals surface area contributed by atoms with E-state index in [1.807, 2.05) is 6.92 Å². The number of rotatable bonds is 5. The van der Waals surface area contributed by atoms with Crippen molar-refractivity contribution in [3.05, 3.63) is 0 Å². The average molecular weight is 172 g/mol. The summed E-state index contributed by atoms with van der Waals surface area (Å²) in [4.78, 5) is 0. The van der Waals surface area contributed by atoms with Crippen molar-refractivity contribution in [3.8, 4) is 0 Å². The molecule has 2 aliphatic rings. The lowest BCUT2D eigenvalue weighted by molar-refractivity contribution is 0.116.